The highest BCUT2D eigenvalue weighted by Gasteiger charge is 2.65. The van der Waals surface area contributed by atoms with Crippen molar-refractivity contribution in [1.29, 1.82) is 0 Å². The van der Waals surface area contributed by atoms with Crippen molar-refractivity contribution in [2.45, 2.75) is 77.5 Å². The molecule has 0 spiro atoms. The molecule has 0 N–H and O–H groups in total. The van der Waals surface area contributed by atoms with Gasteiger partial charge in [-0.3, -0.25) is 0 Å². The SMILES string of the molecule is C[C@H](O[Si](C)(C)C(C)(C)C)[C@@H]1OC(c2ccccc2)(c2ccccc2)C1(C)C. The van der Waals surface area contributed by atoms with Gasteiger partial charge < -0.3 is 9.16 Å². The van der Waals surface area contributed by atoms with E-state index in [-0.39, 0.29) is 22.7 Å². The second-order valence-electron chi connectivity index (χ2n) is 10.3. The lowest BCUT2D eigenvalue weighted by molar-refractivity contribution is -0.316. The molecule has 1 fully saturated rings. The molecular weight excluding hydrogens is 360 g/mol. The van der Waals surface area contributed by atoms with Gasteiger partial charge in [0.2, 0.25) is 0 Å². The van der Waals surface area contributed by atoms with Crippen molar-refractivity contribution in [2.24, 2.45) is 5.41 Å². The van der Waals surface area contributed by atoms with Crippen LogP contribution >= 0.6 is 0 Å². The summed E-state index contributed by atoms with van der Waals surface area (Å²) in [6, 6.07) is 21.3. The number of hydrogen-bond donors (Lipinski definition) is 0. The zero-order valence-corrected chi connectivity index (χ0v) is 19.7. The normalized spacial score (nSPS) is 22.4. The van der Waals surface area contributed by atoms with E-state index in [9.17, 15) is 0 Å². The third-order valence-corrected chi connectivity index (χ3v) is 11.6. The van der Waals surface area contributed by atoms with Crippen molar-refractivity contribution in [1.82, 2.24) is 0 Å². The molecule has 0 aromatic heterocycles. The van der Waals surface area contributed by atoms with Crippen LogP contribution in [-0.4, -0.2) is 20.5 Å². The molecule has 152 valence electrons. The molecule has 0 amide bonds. The fourth-order valence-corrected chi connectivity index (χ4v) is 5.82. The van der Waals surface area contributed by atoms with E-state index >= 15 is 0 Å². The molecule has 1 aliphatic heterocycles. The summed E-state index contributed by atoms with van der Waals surface area (Å²) in [5, 5.41) is 0.186. The van der Waals surface area contributed by atoms with Crippen LogP contribution in [0.4, 0.5) is 0 Å². The predicted molar refractivity (Wildman–Crippen MR) is 120 cm³/mol. The molecule has 0 unspecified atom stereocenters. The summed E-state index contributed by atoms with van der Waals surface area (Å²) in [4.78, 5) is 0. The largest absolute Gasteiger partial charge is 0.412 e. The maximum Gasteiger partial charge on any atom is 0.192 e. The van der Waals surface area contributed by atoms with E-state index in [1.807, 2.05) is 0 Å². The Balaban J connectivity index is 1.96. The highest BCUT2D eigenvalue weighted by molar-refractivity contribution is 6.74. The smallest absolute Gasteiger partial charge is 0.192 e. The Morgan fingerprint density at radius 1 is 0.893 bits per heavy atom. The van der Waals surface area contributed by atoms with E-state index in [1.165, 1.54) is 11.1 Å². The first-order valence-corrected chi connectivity index (χ1v) is 13.3. The molecule has 0 radical (unpaired) electrons. The van der Waals surface area contributed by atoms with Crippen LogP contribution in [0, 0.1) is 5.41 Å². The van der Waals surface area contributed by atoms with Crippen molar-refractivity contribution in [2.75, 3.05) is 0 Å². The van der Waals surface area contributed by atoms with E-state index < -0.39 is 13.9 Å². The molecular formula is C25H36O2Si. The molecule has 28 heavy (non-hydrogen) atoms. The number of benzene rings is 2. The molecule has 1 aliphatic rings. The minimum absolute atomic E-state index is 0.0436. The van der Waals surface area contributed by atoms with Gasteiger partial charge in [-0.05, 0) is 36.2 Å². The van der Waals surface area contributed by atoms with Crippen LogP contribution in [0.3, 0.4) is 0 Å². The summed E-state index contributed by atoms with van der Waals surface area (Å²) >= 11 is 0. The average Bonchev–Trinajstić information content (AvgIpc) is 2.61. The van der Waals surface area contributed by atoms with Gasteiger partial charge >= 0.3 is 0 Å². The predicted octanol–water partition coefficient (Wildman–Crippen LogP) is 6.77. The summed E-state index contributed by atoms with van der Waals surface area (Å²) in [6.07, 6.45) is 0.0958. The topological polar surface area (TPSA) is 18.5 Å². The Morgan fingerprint density at radius 2 is 1.32 bits per heavy atom. The Morgan fingerprint density at radius 3 is 1.68 bits per heavy atom. The summed E-state index contributed by atoms with van der Waals surface area (Å²) in [5.74, 6) is 0. The third-order valence-electron chi connectivity index (χ3n) is 7.00. The van der Waals surface area contributed by atoms with Gasteiger partial charge in [0.05, 0.1) is 12.2 Å². The Labute approximate surface area is 172 Å². The second-order valence-corrected chi connectivity index (χ2v) is 15.0. The van der Waals surface area contributed by atoms with Crippen LogP contribution in [0.2, 0.25) is 18.1 Å². The van der Waals surface area contributed by atoms with Crippen LogP contribution in [0.25, 0.3) is 0 Å². The molecule has 2 aromatic rings. The average molecular weight is 397 g/mol. The first kappa shape index (κ1) is 21.3. The maximum absolute atomic E-state index is 6.83. The van der Waals surface area contributed by atoms with Crippen LogP contribution in [0.5, 0.6) is 0 Å². The summed E-state index contributed by atoms with van der Waals surface area (Å²) < 4.78 is 13.6. The van der Waals surface area contributed by atoms with Gasteiger partial charge in [-0.1, -0.05) is 95.3 Å². The Kier molecular flexibility index (Phi) is 5.41. The first-order chi connectivity index (χ1) is 12.9. The quantitative estimate of drug-likeness (QED) is 0.519. The second kappa shape index (κ2) is 7.12. The molecule has 2 nitrogen and oxygen atoms in total. The van der Waals surface area contributed by atoms with Gasteiger partial charge in [0.1, 0.15) is 5.60 Å². The lowest BCUT2D eigenvalue weighted by atomic mass is 9.58. The number of ether oxygens (including phenoxy) is 1. The highest BCUT2D eigenvalue weighted by Crippen LogP contribution is 2.61. The minimum Gasteiger partial charge on any atom is -0.412 e. The lowest BCUT2D eigenvalue weighted by Crippen LogP contribution is -2.68. The fourth-order valence-electron chi connectivity index (χ4n) is 4.41. The summed E-state index contributed by atoms with van der Waals surface area (Å²) in [5.41, 5.74) is 1.87. The van der Waals surface area contributed by atoms with Gasteiger partial charge in [0, 0.05) is 5.41 Å². The number of rotatable bonds is 5. The molecule has 2 atom stereocenters. The molecule has 0 saturated carbocycles. The van der Waals surface area contributed by atoms with Gasteiger partial charge in [-0.25, -0.2) is 0 Å². The van der Waals surface area contributed by atoms with Gasteiger partial charge in [-0.15, -0.1) is 0 Å². The molecule has 1 heterocycles. The summed E-state index contributed by atoms with van der Waals surface area (Å²) in [6.45, 7) is 18.3. The van der Waals surface area contributed by atoms with Crippen molar-refractivity contribution in [3.05, 3.63) is 71.8 Å². The van der Waals surface area contributed by atoms with Crippen molar-refractivity contribution in [3.63, 3.8) is 0 Å². The van der Waals surface area contributed by atoms with Crippen LogP contribution in [-0.2, 0) is 14.8 Å². The Hall–Kier alpha value is -1.42. The van der Waals surface area contributed by atoms with E-state index in [0.29, 0.717) is 0 Å². The summed E-state index contributed by atoms with van der Waals surface area (Å²) in [7, 11) is -1.86. The van der Waals surface area contributed by atoms with Crippen LogP contribution in [0.1, 0.15) is 52.7 Å². The van der Waals surface area contributed by atoms with Gasteiger partial charge in [-0.2, -0.15) is 0 Å². The number of hydrogen-bond acceptors (Lipinski definition) is 2. The van der Waals surface area contributed by atoms with Crippen molar-refractivity contribution >= 4 is 8.32 Å². The molecule has 1 saturated heterocycles. The van der Waals surface area contributed by atoms with Gasteiger partial charge in [0.25, 0.3) is 0 Å². The molecule has 0 aliphatic carbocycles. The monoisotopic (exact) mass is 396 g/mol. The lowest BCUT2D eigenvalue weighted by Gasteiger charge is -2.63. The van der Waals surface area contributed by atoms with E-state index in [1.54, 1.807) is 0 Å². The molecule has 3 rings (SSSR count). The zero-order chi connectivity index (χ0) is 20.8. The molecule has 3 heteroatoms. The first-order valence-electron chi connectivity index (χ1n) is 10.4. The van der Waals surface area contributed by atoms with E-state index in [4.69, 9.17) is 9.16 Å². The van der Waals surface area contributed by atoms with Crippen molar-refractivity contribution < 1.29 is 9.16 Å². The zero-order valence-electron chi connectivity index (χ0n) is 18.7. The Bertz CT molecular complexity index is 751. The van der Waals surface area contributed by atoms with Crippen molar-refractivity contribution in [3.8, 4) is 0 Å². The van der Waals surface area contributed by atoms with Crippen LogP contribution < -0.4 is 0 Å². The standard InChI is InChI=1S/C25H36O2Si/c1-19(27-28(7,8)23(2,3)4)22-24(5,6)25(26-22,20-15-11-9-12-16-20)21-17-13-10-14-18-21/h9-19,22H,1-8H3/t19-,22-/m0/s1. The minimum atomic E-state index is -1.86. The van der Waals surface area contributed by atoms with E-state index in [2.05, 4.69) is 115 Å². The van der Waals surface area contributed by atoms with Gasteiger partial charge in [0.15, 0.2) is 8.32 Å². The third kappa shape index (κ3) is 3.28. The fraction of sp³-hybridized carbons (Fsp3) is 0.520. The van der Waals surface area contributed by atoms with E-state index in [0.717, 1.165) is 0 Å². The molecule has 2 aromatic carbocycles. The molecule has 0 bridgehead atoms. The maximum atomic E-state index is 6.83. The van der Waals surface area contributed by atoms with Crippen LogP contribution in [0.15, 0.2) is 60.7 Å². The highest BCUT2D eigenvalue weighted by atomic mass is 28.4.